The Morgan fingerprint density at radius 2 is 2.05 bits per heavy atom. The normalized spacial score (nSPS) is 14.6. The fourth-order valence-corrected chi connectivity index (χ4v) is 2.17. The van der Waals surface area contributed by atoms with E-state index in [1.54, 1.807) is 7.11 Å². The third-order valence-corrected chi connectivity index (χ3v) is 3.58. The van der Waals surface area contributed by atoms with Crippen LogP contribution in [0.5, 0.6) is 11.5 Å². The van der Waals surface area contributed by atoms with E-state index < -0.39 is 0 Å². The molecule has 0 unspecified atom stereocenters. The van der Waals surface area contributed by atoms with Crippen LogP contribution in [0.2, 0.25) is 0 Å². The molecule has 1 aliphatic rings. The highest BCUT2D eigenvalue weighted by Gasteiger charge is 2.20. The van der Waals surface area contributed by atoms with E-state index in [4.69, 9.17) is 9.47 Å². The van der Waals surface area contributed by atoms with E-state index in [0.717, 1.165) is 43.0 Å². The van der Waals surface area contributed by atoms with Gasteiger partial charge in [-0.05, 0) is 49.3 Å². The van der Waals surface area contributed by atoms with Gasteiger partial charge in [0.15, 0.2) is 11.5 Å². The summed E-state index contributed by atoms with van der Waals surface area (Å²) < 4.78 is 11.3. The zero-order valence-electron chi connectivity index (χ0n) is 12.9. The van der Waals surface area contributed by atoms with Crippen molar-refractivity contribution in [1.82, 2.24) is 5.32 Å². The molecule has 0 aromatic heterocycles. The van der Waals surface area contributed by atoms with Crippen LogP contribution in [-0.4, -0.2) is 19.8 Å². The second kappa shape index (κ2) is 7.53. The van der Waals surface area contributed by atoms with Crippen LogP contribution in [0, 0.1) is 5.92 Å². The monoisotopic (exact) mass is 277 g/mol. The van der Waals surface area contributed by atoms with Crippen molar-refractivity contribution in [3.05, 3.63) is 23.8 Å². The number of rotatable bonds is 9. The maximum Gasteiger partial charge on any atom is 0.161 e. The van der Waals surface area contributed by atoms with Gasteiger partial charge < -0.3 is 14.8 Å². The first-order valence-corrected chi connectivity index (χ1v) is 7.72. The number of methoxy groups -OCH3 is 1. The van der Waals surface area contributed by atoms with Crippen molar-refractivity contribution < 1.29 is 9.47 Å². The van der Waals surface area contributed by atoms with Crippen molar-refractivity contribution in [3.63, 3.8) is 0 Å². The Morgan fingerprint density at radius 1 is 1.25 bits per heavy atom. The number of ether oxygens (including phenoxy) is 2. The lowest BCUT2D eigenvalue weighted by Crippen LogP contribution is -2.15. The Hall–Kier alpha value is -1.22. The Kier molecular flexibility index (Phi) is 5.72. The van der Waals surface area contributed by atoms with Crippen LogP contribution in [0.1, 0.15) is 45.1 Å². The maximum atomic E-state index is 5.89. The molecule has 112 valence electrons. The van der Waals surface area contributed by atoms with Crippen molar-refractivity contribution in [3.8, 4) is 11.5 Å². The highest BCUT2D eigenvalue weighted by atomic mass is 16.5. The molecule has 0 saturated heterocycles. The summed E-state index contributed by atoms with van der Waals surface area (Å²) in [5, 5.41) is 3.52. The molecule has 20 heavy (non-hydrogen) atoms. The van der Waals surface area contributed by atoms with Crippen LogP contribution in [-0.2, 0) is 6.54 Å². The van der Waals surface area contributed by atoms with Crippen molar-refractivity contribution in [2.24, 2.45) is 5.92 Å². The molecule has 1 aliphatic carbocycles. The smallest absolute Gasteiger partial charge is 0.161 e. The Bertz CT molecular complexity index is 413. The molecule has 0 aliphatic heterocycles. The minimum atomic E-state index is 0.729. The van der Waals surface area contributed by atoms with Crippen LogP contribution in [0.3, 0.4) is 0 Å². The summed E-state index contributed by atoms with van der Waals surface area (Å²) in [4.78, 5) is 0. The van der Waals surface area contributed by atoms with Crippen molar-refractivity contribution in [2.45, 2.75) is 52.1 Å². The van der Waals surface area contributed by atoms with Gasteiger partial charge in [-0.2, -0.15) is 0 Å². The van der Waals surface area contributed by atoms with Gasteiger partial charge in [-0.3, -0.25) is 0 Å². The summed E-state index contributed by atoms with van der Waals surface area (Å²) in [5.74, 6) is 2.42. The lowest BCUT2D eigenvalue weighted by molar-refractivity contribution is 0.279. The first-order valence-electron chi connectivity index (χ1n) is 7.72. The standard InChI is InChI=1S/C17H27NO2/c1-13(2)5-4-10-20-17-11-14(6-9-16(17)19-3)12-18-15-7-8-15/h6,9,11,13,15,18H,4-5,7-8,10,12H2,1-3H3. The van der Waals surface area contributed by atoms with Crippen molar-refractivity contribution >= 4 is 0 Å². The highest BCUT2D eigenvalue weighted by Crippen LogP contribution is 2.29. The lowest BCUT2D eigenvalue weighted by atomic mass is 10.1. The van der Waals surface area contributed by atoms with Crippen LogP contribution in [0.25, 0.3) is 0 Å². The number of hydrogen-bond acceptors (Lipinski definition) is 3. The number of nitrogens with one attached hydrogen (secondary N) is 1. The van der Waals surface area contributed by atoms with Gasteiger partial charge in [0.1, 0.15) is 0 Å². The van der Waals surface area contributed by atoms with Crippen LogP contribution in [0.15, 0.2) is 18.2 Å². The molecule has 1 aromatic rings. The van der Waals surface area contributed by atoms with Gasteiger partial charge in [0, 0.05) is 12.6 Å². The van der Waals surface area contributed by atoms with E-state index in [1.165, 1.54) is 24.8 Å². The second-order valence-corrected chi connectivity index (χ2v) is 6.02. The first-order chi connectivity index (χ1) is 9.69. The summed E-state index contributed by atoms with van der Waals surface area (Å²) in [6, 6.07) is 6.94. The molecular weight excluding hydrogens is 250 g/mol. The summed E-state index contributed by atoms with van der Waals surface area (Å²) >= 11 is 0. The molecular formula is C17H27NO2. The number of benzene rings is 1. The van der Waals surface area contributed by atoms with Gasteiger partial charge in [0.2, 0.25) is 0 Å². The molecule has 0 bridgehead atoms. The third kappa shape index (κ3) is 5.04. The van der Waals surface area contributed by atoms with E-state index >= 15 is 0 Å². The molecule has 1 N–H and O–H groups in total. The van der Waals surface area contributed by atoms with Crippen LogP contribution < -0.4 is 14.8 Å². The number of hydrogen-bond donors (Lipinski definition) is 1. The zero-order valence-corrected chi connectivity index (χ0v) is 12.9. The third-order valence-electron chi connectivity index (χ3n) is 3.58. The average Bonchev–Trinajstić information content (AvgIpc) is 3.25. The largest absolute Gasteiger partial charge is 0.493 e. The first kappa shape index (κ1) is 15.2. The molecule has 0 amide bonds. The molecule has 0 spiro atoms. The predicted octanol–water partition coefficient (Wildman–Crippen LogP) is 3.76. The van der Waals surface area contributed by atoms with Gasteiger partial charge in [0.05, 0.1) is 13.7 Å². The molecule has 2 rings (SSSR count). The van der Waals surface area contributed by atoms with Crippen LogP contribution >= 0.6 is 0 Å². The topological polar surface area (TPSA) is 30.5 Å². The molecule has 3 heteroatoms. The fourth-order valence-electron chi connectivity index (χ4n) is 2.17. The van der Waals surface area contributed by atoms with Gasteiger partial charge in [-0.25, -0.2) is 0 Å². The molecule has 0 radical (unpaired) electrons. The summed E-state index contributed by atoms with van der Waals surface area (Å²) in [6.07, 6.45) is 4.92. The SMILES string of the molecule is COc1ccc(CNC2CC2)cc1OCCCC(C)C. The van der Waals surface area contributed by atoms with Crippen molar-refractivity contribution in [1.29, 1.82) is 0 Å². The molecule has 1 aromatic carbocycles. The molecule has 3 nitrogen and oxygen atoms in total. The molecule has 0 atom stereocenters. The quantitative estimate of drug-likeness (QED) is 0.697. The minimum Gasteiger partial charge on any atom is -0.493 e. The van der Waals surface area contributed by atoms with E-state index in [-0.39, 0.29) is 0 Å². The van der Waals surface area contributed by atoms with E-state index in [0.29, 0.717) is 0 Å². The van der Waals surface area contributed by atoms with Crippen LogP contribution in [0.4, 0.5) is 0 Å². The highest BCUT2D eigenvalue weighted by molar-refractivity contribution is 5.43. The van der Waals surface area contributed by atoms with E-state index in [2.05, 4.69) is 31.3 Å². The van der Waals surface area contributed by atoms with Gasteiger partial charge in [-0.1, -0.05) is 19.9 Å². The Morgan fingerprint density at radius 3 is 2.70 bits per heavy atom. The summed E-state index contributed by atoms with van der Waals surface area (Å²) in [6.45, 7) is 6.15. The Balaban J connectivity index is 1.87. The van der Waals surface area contributed by atoms with E-state index in [1.807, 2.05) is 6.07 Å². The Labute approximate surface area is 122 Å². The average molecular weight is 277 g/mol. The van der Waals surface area contributed by atoms with Gasteiger partial charge in [-0.15, -0.1) is 0 Å². The minimum absolute atomic E-state index is 0.729. The fraction of sp³-hybridized carbons (Fsp3) is 0.647. The lowest BCUT2D eigenvalue weighted by Gasteiger charge is -2.13. The molecule has 0 heterocycles. The second-order valence-electron chi connectivity index (χ2n) is 6.02. The summed E-state index contributed by atoms with van der Waals surface area (Å²) in [7, 11) is 1.69. The molecule has 1 fully saturated rings. The van der Waals surface area contributed by atoms with Gasteiger partial charge >= 0.3 is 0 Å². The summed E-state index contributed by atoms with van der Waals surface area (Å²) in [5.41, 5.74) is 1.26. The van der Waals surface area contributed by atoms with E-state index in [9.17, 15) is 0 Å². The molecule has 1 saturated carbocycles. The predicted molar refractivity (Wildman–Crippen MR) is 82.4 cm³/mol. The zero-order chi connectivity index (χ0) is 14.4. The maximum absolute atomic E-state index is 5.89. The van der Waals surface area contributed by atoms with Crippen molar-refractivity contribution in [2.75, 3.05) is 13.7 Å². The van der Waals surface area contributed by atoms with Gasteiger partial charge in [0.25, 0.3) is 0 Å².